The van der Waals surface area contributed by atoms with Crippen LogP contribution in [0.2, 0.25) is 0 Å². The first-order valence-electron chi connectivity index (χ1n) is 3.13. The van der Waals surface area contributed by atoms with Crippen LogP contribution in [0.15, 0.2) is 40.5 Å². The van der Waals surface area contributed by atoms with Crippen LogP contribution in [0.1, 0.15) is 5.56 Å². The molecule has 1 heterocycles. The van der Waals surface area contributed by atoms with E-state index in [-0.39, 0.29) is 0 Å². The maximum atomic E-state index is 3.83. The SMILES string of the molecule is C1=NN=C1c1ccccc1. The molecule has 2 rings (SSSR count). The lowest BCUT2D eigenvalue weighted by Crippen LogP contribution is -2.07. The van der Waals surface area contributed by atoms with E-state index < -0.39 is 0 Å². The maximum Gasteiger partial charge on any atom is 0.113 e. The highest BCUT2D eigenvalue weighted by Gasteiger charge is 2.03. The number of hydrogen-bond donors (Lipinski definition) is 0. The molecular weight excluding hydrogens is 124 g/mol. The lowest BCUT2D eigenvalue weighted by molar-refractivity contribution is 1.22. The van der Waals surface area contributed by atoms with Gasteiger partial charge >= 0.3 is 0 Å². The fourth-order valence-electron chi connectivity index (χ4n) is 0.857. The average molecular weight is 130 g/mol. The van der Waals surface area contributed by atoms with E-state index in [1.807, 2.05) is 30.3 Å². The lowest BCUT2D eigenvalue weighted by Gasteiger charge is -2.02. The molecule has 1 aliphatic heterocycles. The summed E-state index contributed by atoms with van der Waals surface area (Å²) in [6.45, 7) is 0. The minimum atomic E-state index is 0.973. The van der Waals surface area contributed by atoms with Gasteiger partial charge in [0, 0.05) is 5.56 Å². The summed E-state index contributed by atoms with van der Waals surface area (Å²) in [5, 5.41) is 7.46. The number of benzene rings is 1. The number of rotatable bonds is 1. The summed E-state index contributed by atoms with van der Waals surface area (Å²) >= 11 is 0. The van der Waals surface area contributed by atoms with Gasteiger partial charge in [-0.25, -0.2) is 0 Å². The molecule has 0 fully saturated rings. The van der Waals surface area contributed by atoms with Crippen LogP contribution in [0.3, 0.4) is 0 Å². The maximum absolute atomic E-state index is 3.83. The second-order valence-electron chi connectivity index (χ2n) is 2.10. The second-order valence-corrected chi connectivity index (χ2v) is 2.10. The molecule has 48 valence electrons. The smallest absolute Gasteiger partial charge is 0.113 e. The van der Waals surface area contributed by atoms with E-state index in [1.54, 1.807) is 6.21 Å². The third-order valence-electron chi connectivity index (χ3n) is 1.42. The molecule has 0 aromatic heterocycles. The molecule has 0 aliphatic carbocycles. The van der Waals surface area contributed by atoms with Crippen LogP contribution in [0.5, 0.6) is 0 Å². The first-order chi connectivity index (χ1) is 4.97. The molecule has 0 unspecified atom stereocenters. The zero-order chi connectivity index (χ0) is 6.81. The summed E-state index contributed by atoms with van der Waals surface area (Å²) in [6.07, 6.45) is 1.76. The largest absolute Gasteiger partial charge is 0.156 e. The zero-order valence-electron chi connectivity index (χ0n) is 5.36. The topological polar surface area (TPSA) is 24.7 Å². The Labute approximate surface area is 58.9 Å². The molecule has 0 spiro atoms. The Morgan fingerprint density at radius 3 is 2.20 bits per heavy atom. The fraction of sp³-hybridized carbons (Fsp3) is 0. The predicted octanol–water partition coefficient (Wildman–Crippen LogP) is 1.48. The highest BCUT2D eigenvalue weighted by atomic mass is 15.3. The van der Waals surface area contributed by atoms with Gasteiger partial charge in [-0.05, 0) is 0 Å². The van der Waals surface area contributed by atoms with E-state index in [1.165, 1.54) is 0 Å². The Kier molecular flexibility index (Phi) is 1.10. The van der Waals surface area contributed by atoms with Crippen LogP contribution < -0.4 is 0 Å². The molecule has 0 saturated carbocycles. The van der Waals surface area contributed by atoms with Gasteiger partial charge in [-0.15, -0.1) is 5.10 Å². The summed E-state index contributed by atoms with van der Waals surface area (Å²) in [5.74, 6) is 0. The first-order valence-corrected chi connectivity index (χ1v) is 3.13. The van der Waals surface area contributed by atoms with E-state index in [0.717, 1.165) is 11.3 Å². The van der Waals surface area contributed by atoms with Crippen LogP contribution in [0.25, 0.3) is 0 Å². The molecule has 1 aliphatic rings. The zero-order valence-corrected chi connectivity index (χ0v) is 5.36. The third-order valence-corrected chi connectivity index (χ3v) is 1.42. The van der Waals surface area contributed by atoms with Crippen molar-refractivity contribution >= 4 is 11.9 Å². The molecule has 0 bridgehead atoms. The molecular formula is C8H6N2. The van der Waals surface area contributed by atoms with Crippen molar-refractivity contribution in [3.8, 4) is 0 Å². The minimum Gasteiger partial charge on any atom is -0.156 e. The van der Waals surface area contributed by atoms with E-state index in [9.17, 15) is 0 Å². The lowest BCUT2D eigenvalue weighted by atomic mass is 10.1. The van der Waals surface area contributed by atoms with Crippen molar-refractivity contribution in [2.75, 3.05) is 0 Å². The van der Waals surface area contributed by atoms with Crippen LogP contribution in [0.4, 0.5) is 0 Å². The van der Waals surface area contributed by atoms with Crippen LogP contribution in [0, 0.1) is 0 Å². The summed E-state index contributed by atoms with van der Waals surface area (Å²) in [7, 11) is 0. The van der Waals surface area contributed by atoms with Crippen molar-refractivity contribution in [1.82, 2.24) is 0 Å². The predicted molar refractivity (Wildman–Crippen MR) is 41.5 cm³/mol. The molecule has 0 radical (unpaired) electrons. The minimum absolute atomic E-state index is 0.973. The average Bonchev–Trinajstić information content (AvgIpc) is 1.86. The van der Waals surface area contributed by atoms with E-state index >= 15 is 0 Å². The molecule has 0 amide bonds. The Morgan fingerprint density at radius 1 is 1.00 bits per heavy atom. The molecule has 1 aromatic carbocycles. The molecule has 0 N–H and O–H groups in total. The van der Waals surface area contributed by atoms with Crippen molar-refractivity contribution in [3.63, 3.8) is 0 Å². The van der Waals surface area contributed by atoms with Crippen molar-refractivity contribution in [2.45, 2.75) is 0 Å². The molecule has 1 aromatic rings. The standard InChI is InChI=1S/C8H6N2/c1-2-4-7(5-3-1)8-6-9-10-8/h1-6H. The Balaban J connectivity index is 2.35. The van der Waals surface area contributed by atoms with Crippen molar-refractivity contribution in [3.05, 3.63) is 35.9 Å². The number of hydrogen-bond acceptors (Lipinski definition) is 2. The van der Waals surface area contributed by atoms with Gasteiger partial charge in [0.05, 0.1) is 6.21 Å². The van der Waals surface area contributed by atoms with E-state index in [0.29, 0.717) is 0 Å². The van der Waals surface area contributed by atoms with Gasteiger partial charge in [0.2, 0.25) is 0 Å². The van der Waals surface area contributed by atoms with Crippen LogP contribution in [-0.4, -0.2) is 11.9 Å². The molecule has 10 heavy (non-hydrogen) atoms. The highest BCUT2D eigenvalue weighted by molar-refractivity contribution is 6.40. The first kappa shape index (κ1) is 5.35. The second kappa shape index (κ2) is 2.06. The Morgan fingerprint density at radius 2 is 1.70 bits per heavy atom. The third kappa shape index (κ3) is 0.739. The van der Waals surface area contributed by atoms with Gasteiger partial charge in [0.25, 0.3) is 0 Å². The molecule has 0 atom stereocenters. The summed E-state index contributed by atoms with van der Waals surface area (Å²) in [6, 6.07) is 10.0. The van der Waals surface area contributed by atoms with E-state index in [2.05, 4.69) is 10.2 Å². The van der Waals surface area contributed by atoms with Gasteiger partial charge < -0.3 is 0 Å². The van der Waals surface area contributed by atoms with Crippen LogP contribution in [-0.2, 0) is 0 Å². The molecule has 0 saturated heterocycles. The normalized spacial score (nSPS) is 14.2. The Hall–Kier alpha value is -1.44. The van der Waals surface area contributed by atoms with Gasteiger partial charge in [-0.2, -0.15) is 5.10 Å². The Bertz CT molecular complexity index is 285. The highest BCUT2D eigenvalue weighted by Crippen LogP contribution is 2.03. The fourth-order valence-corrected chi connectivity index (χ4v) is 0.857. The summed E-state index contributed by atoms with van der Waals surface area (Å²) in [5.41, 5.74) is 2.11. The van der Waals surface area contributed by atoms with Crippen molar-refractivity contribution in [1.29, 1.82) is 0 Å². The van der Waals surface area contributed by atoms with Gasteiger partial charge in [0.15, 0.2) is 0 Å². The van der Waals surface area contributed by atoms with Gasteiger partial charge in [-0.1, -0.05) is 30.3 Å². The summed E-state index contributed by atoms with van der Waals surface area (Å²) < 4.78 is 0. The van der Waals surface area contributed by atoms with Crippen molar-refractivity contribution in [2.24, 2.45) is 10.2 Å². The van der Waals surface area contributed by atoms with Crippen LogP contribution >= 0.6 is 0 Å². The quantitative estimate of drug-likeness (QED) is 0.550. The van der Waals surface area contributed by atoms with Gasteiger partial charge in [-0.3, -0.25) is 0 Å². The summed E-state index contributed by atoms with van der Waals surface area (Å²) in [4.78, 5) is 0. The van der Waals surface area contributed by atoms with Gasteiger partial charge in [0.1, 0.15) is 5.71 Å². The van der Waals surface area contributed by atoms with Crippen molar-refractivity contribution < 1.29 is 0 Å². The van der Waals surface area contributed by atoms with E-state index in [4.69, 9.17) is 0 Å². The monoisotopic (exact) mass is 130 g/mol. The molecule has 2 nitrogen and oxygen atoms in total. The number of nitrogens with zero attached hydrogens (tertiary/aromatic N) is 2. The molecule has 2 heteroatoms.